The van der Waals surface area contributed by atoms with Crippen LogP contribution in [0.1, 0.15) is 38.1 Å². The molecule has 3 aromatic rings. The van der Waals surface area contributed by atoms with E-state index >= 15 is 0 Å². The second kappa shape index (κ2) is 13.5. The lowest BCUT2D eigenvalue weighted by Crippen LogP contribution is -2.37. The Morgan fingerprint density at radius 1 is 0.950 bits per heavy atom. The monoisotopic (exact) mass is 610 g/mol. The number of fused-ring (bicyclic) bond motifs is 2. The zero-order valence-corrected chi connectivity index (χ0v) is 26.4. The van der Waals surface area contributed by atoms with Gasteiger partial charge in [0.2, 0.25) is 10.0 Å². The van der Waals surface area contributed by atoms with Gasteiger partial charge in [0, 0.05) is 43.9 Å². The maximum atomic E-state index is 13.7. The number of sulfonamides is 1. The number of aromatic nitrogens is 1. The molecule has 40 heavy (non-hydrogen) atoms. The molecule has 220 valence electrons. The van der Waals surface area contributed by atoms with Gasteiger partial charge in [0.15, 0.2) is 16.6 Å². The van der Waals surface area contributed by atoms with E-state index in [1.54, 1.807) is 17.0 Å². The lowest BCUT2D eigenvalue weighted by atomic mass is 10.2. The molecule has 0 aliphatic carbocycles. The van der Waals surface area contributed by atoms with Crippen molar-refractivity contribution in [2.45, 2.75) is 32.6 Å². The van der Waals surface area contributed by atoms with Gasteiger partial charge in [0.05, 0.1) is 15.1 Å². The Hall–Kier alpha value is -2.44. The molecular weight excluding hydrogens is 572 g/mol. The first-order valence-corrected chi connectivity index (χ1v) is 15.5. The van der Waals surface area contributed by atoms with E-state index in [1.165, 1.54) is 27.8 Å². The second-order valence-electron chi connectivity index (χ2n) is 10.9. The number of benzene rings is 2. The molecule has 0 bridgehead atoms. The van der Waals surface area contributed by atoms with Crippen LogP contribution in [0.5, 0.6) is 11.5 Å². The molecule has 0 N–H and O–H groups in total. The molecule has 12 heteroatoms. The number of ether oxygens (including phenoxy) is 2. The zero-order valence-electron chi connectivity index (χ0n) is 23.9. The number of nitrogens with zero attached hydrogens (tertiary/aromatic N) is 4. The van der Waals surface area contributed by atoms with Crippen molar-refractivity contribution in [2.24, 2.45) is 11.8 Å². The minimum absolute atomic E-state index is 0. The van der Waals surface area contributed by atoms with Crippen molar-refractivity contribution in [1.29, 1.82) is 0 Å². The van der Waals surface area contributed by atoms with Gasteiger partial charge in [-0.3, -0.25) is 9.69 Å². The van der Waals surface area contributed by atoms with Crippen LogP contribution < -0.4 is 14.4 Å². The standard InChI is InChI=1S/C28H38N4O5S2.ClH/c1-19(2)17-31(18-20(3)4)39(34,35)22-9-7-21(8-10-22)27(33)32(12-11-30(5)6)28-29-23-15-24-25(16-26(23)38-28)37-14-13-36-24;/h7-10,15-16,19-20H,11-14,17-18H2,1-6H3;1H. The number of halogens is 1. The molecule has 2 aromatic carbocycles. The van der Waals surface area contributed by atoms with Crippen molar-refractivity contribution < 1.29 is 22.7 Å². The molecule has 0 fully saturated rings. The van der Waals surface area contributed by atoms with Crippen molar-refractivity contribution in [3.8, 4) is 11.5 Å². The van der Waals surface area contributed by atoms with E-state index in [4.69, 9.17) is 14.5 Å². The normalized spacial score (nSPS) is 13.3. The SMILES string of the molecule is CC(C)CN(CC(C)C)S(=O)(=O)c1ccc(C(=O)N(CCN(C)C)c2nc3cc4c(cc3s2)OCCO4)cc1.Cl. The Labute approximate surface area is 247 Å². The lowest BCUT2D eigenvalue weighted by Gasteiger charge is -2.26. The fraction of sp³-hybridized carbons (Fsp3) is 0.500. The summed E-state index contributed by atoms with van der Waals surface area (Å²) in [6.45, 7) is 10.9. The van der Waals surface area contributed by atoms with E-state index in [2.05, 4.69) is 0 Å². The lowest BCUT2D eigenvalue weighted by molar-refractivity contribution is 0.0985. The molecule has 0 unspecified atom stereocenters. The minimum atomic E-state index is -3.69. The van der Waals surface area contributed by atoms with Crippen LogP contribution in [0.3, 0.4) is 0 Å². The summed E-state index contributed by atoms with van der Waals surface area (Å²) < 4.78 is 40.7. The molecule has 2 heterocycles. The van der Waals surface area contributed by atoms with Crippen molar-refractivity contribution in [3.63, 3.8) is 0 Å². The van der Waals surface area contributed by atoms with Crippen LogP contribution in [0.4, 0.5) is 5.13 Å². The van der Waals surface area contributed by atoms with E-state index in [1.807, 2.05) is 58.8 Å². The maximum absolute atomic E-state index is 13.7. The Balaban J connectivity index is 0.00000441. The van der Waals surface area contributed by atoms with Gasteiger partial charge < -0.3 is 14.4 Å². The number of carbonyl (C=O) groups is 1. The van der Waals surface area contributed by atoms with Gasteiger partial charge in [0.25, 0.3) is 5.91 Å². The predicted octanol–water partition coefficient (Wildman–Crippen LogP) is 5.00. The van der Waals surface area contributed by atoms with Gasteiger partial charge in [-0.05, 0) is 50.2 Å². The summed E-state index contributed by atoms with van der Waals surface area (Å²) in [4.78, 5) is 22.3. The molecule has 1 amide bonds. The quantitative estimate of drug-likeness (QED) is 0.302. The number of anilines is 1. The second-order valence-corrected chi connectivity index (χ2v) is 13.8. The molecule has 1 aliphatic heterocycles. The maximum Gasteiger partial charge on any atom is 0.260 e. The Bertz CT molecular complexity index is 1360. The van der Waals surface area contributed by atoms with E-state index in [0.29, 0.717) is 61.6 Å². The highest BCUT2D eigenvalue weighted by molar-refractivity contribution is 7.89. The van der Waals surface area contributed by atoms with Crippen LogP contribution in [-0.2, 0) is 10.0 Å². The van der Waals surface area contributed by atoms with Gasteiger partial charge in [-0.2, -0.15) is 4.31 Å². The van der Waals surface area contributed by atoms with Crippen molar-refractivity contribution in [2.75, 3.05) is 58.4 Å². The predicted molar refractivity (Wildman–Crippen MR) is 163 cm³/mol. The van der Waals surface area contributed by atoms with Crippen LogP contribution in [0, 0.1) is 11.8 Å². The third kappa shape index (κ3) is 7.44. The Morgan fingerprint density at radius 3 is 2.08 bits per heavy atom. The first-order valence-electron chi connectivity index (χ1n) is 13.2. The third-order valence-corrected chi connectivity index (χ3v) is 9.05. The van der Waals surface area contributed by atoms with E-state index < -0.39 is 10.0 Å². The molecule has 0 saturated heterocycles. The van der Waals surface area contributed by atoms with Crippen molar-refractivity contribution in [3.05, 3.63) is 42.0 Å². The van der Waals surface area contributed by atoms with Crippen molar-refractivity contribution in [1.82, 2.24) is 14.2 Å². The van der Waals surface area contributed by atoms with Crippen LogP contribution in [0.15, 0.2) is 41.3 Å². The smallest absolute Gasteiger partial charge is 0.260 e. The van der Waals surface area contributed by atoms with Gasteiger partial charge in [-0.15, -0.1) is 12.4 Å². The average Bonchev–Trinajstić information content (AvgIpc) is 3.28. The number of likely N-dealkylation sites (N-methyl/N-ethyl adjacent to an activating group) is 1. The molecule has 1 aromatic heterocycles. The summed E-state index contributed by atoms with van der Waals surface area (Å²) in [5.74, 6) is 1.48. The summed E-state index contributed by atoms with van der Waals surface area (Å²) in [7, 11) is 0.210. The average molecular weight is 611 g/mol. The fourth-order valence-electron chi connectivity index (χ4n) is 4.31. The number of rotatable bonds is 11. The molecule has 0 saturated carbocycles. The van der Waals surface area contributed by atoms with Gasteiger partial charge >= 0.3 is 0 Å². The molecule has 1 aliphatic rings. The highest BCUT2D eigenvalue weighted by Crippen LogP contribution is 2.39. The minimum Gasteiger partial charge on any atom is -0.486 e. The first kappa shape index (κ1) is 32.1. The van der Waals surface area contributed by atoms with Gasteiger partial charge in [-0.25, -0.2) is 13.4 Å². The summed E-state index contributed by atoms with van der Waals surface area (Å²) in [5.41, 5.74) is 1.14. The number of thiazole rings is 1. The largest absolute Gasteiger partial charge is 0.486 e. The number of carbonyl (C=O) groups excluding carboxylic acids is 1. The molecule has 4 rings (SSSR count). The number of hydrogen-bond donors (Lipinski definition) is 0. The molecular formula is C28H39ClN4O5S2. The Kier molecular flexibility index (Phi) is 10.8. The highest BCUT2D eigenvalue weighted by atomic mass is 35.5. The van der Waals surface area contributed by atoms with Gasteiger partial charge in [0.1, 0.15) is 13.2 Å². The molecule has 0 radical (unpaired) electrons. The summed E-state index contributed by atoms with van der Waals surface area (Å²) in [6, 6.07) is 9.99. The Morgan fingerprint density at radius 2 is 1.52 bits per heavy atom. The fourth-order valence-corrected chi connectivity index (χ4v) is 7.08. The summed E-state index contributed by atoms with van der Waals surface area (Å²) in [5, 5.41) is 0.566. The van der Waals surface area contributed by atoms with Crippen LogP contribution >= 0.6 is 23.7 Å². The van der Waals surface area contributed by atoms with Crippen LogP contribution in [0.2, 0.25) is 0 Å². The number of amides is 1. The van der Waals surface area contributed by atoms with Gasteiger partial charge in [-0.1, -0.05) is 39.0 Å². The van der Waals surface area contributed by atoms with E-state index in [0.717, 1.165) is 10.2 Å². The molecule has 9 nitrogen and oxygen atoms in total. The van der Waals surface area contributed by atoms with Crippen LogP contribution in [-0.4, -0.2) is 82.0 Å². The van der Waals surface area contributed by atoms with E-state index in [-0.39, 0.29) is 35.0 Å². The number of hydrogen-bond acceptors (Lipinski definition) is 8. The van der Waals surface area contributed by atoms with Crippen LogP contribution in [0.25, 0.3) is 10.2 Å². The topological polar surface area (TPSA) is 92.3 Å². The highest BCUT2D eigenvalue weighted by Gasteiger charge is 2.27. The summed E-state index contributed by atoms with van der Waals surface area (Å²) >= 11 is 1.41. The third-order valence-electron chi connectivity index (χ3n) is 6.16. The molecule has 0 spiro atoms. The summed E-state index contributed by atoms with van der Waals surface area (Å²) in [6.07, 6.45) is 0. The first-order chi connectivity index (χ1) is 18.5. The van der Waals surface area contributed by atoms with Crippen molar-refractivity contribution >= 4 is 55.0 Å². The zero-order chi connectivity index (χ0) is 28.3. The molecule has 0 atom stereocenters. The van der Waals surface area contributed by atoms with E-state index in [9.17, 15) is 13.2 Å².